The van der Waals surface area contributed by atoms with Crippen LogP contribution in [-0.2, 0) is 19.5 Å². The van der Waals surface area contributed by atoms with E-state index < -0.39 is 15.6 Å². The summed E-state index contributed by atoms with van der Waals surface area (Å²) in [6.45, 7) is 2.16. The Kier molecular flexibility index (Phi) is 5.94. The van der Waals surface area contributed by atoms with Gasteiger partial charge in [0.05, 0.1) is 18.6 Å². The van der Waals surface area contributed by atoms with E-state index in [1.54, 1.807) is 19.1 Å². The van der Waals surface area contributed by atoms with Crippen molar-refractivity contribution >= 4 is 10.0 Å². The van der Waals surface area contributed by atoms with Crippen molar-refractivity contribution in [3.05, 3.63) is 24.3 Å². The van der Waals surface area contributed by atoms with Gasteiger partial charge >= 0.3 is 0 Å². The lowest BCUT2D eigenvalue weighted by Crippen LogP contribution is -2.45. The van der Waals surface area contributed by atoms with E-state index in [2.05, 4.69) is 4.72 Å². The predicted octanol–water partition coefficient (Wildman–Crippen LogP) is 1.02. The van der Waals surface area contributed by atoms with Gasteiger partial charge in [-0.25, -0.2) is 13.1 Å². The van der Waals surface area contributed by atoms with Crippen molar-refractivity contribution in [3.8, 4) is 5.75 Å². The first-order valence-electron chi connectivity index (χ1n) is 6.05. The van der Waals surface area contributed by atoms with E-state index in [0.29, 0.717) is 5.75 Å². The molecule has 7 heteroatoms. The van der Waals surface area contributed by atoms with Gasteiger partial charge in [-0.15, -0.1) is 0 Å². The zero-order chi connectivity index (χ0) is 15.2. The smallest absolute Gasteiger partial charge is 0.240 e. The Hall–Kier alpha value is -1.15. The number of benzene rings is 1. The quantitative estimate of drug-likeness (QED) is 0.776. The normalized spacial score (nSPS) is 14.8. The lowest BCUT2D eigenvalue weighted by atomic mass is 10.1. The van der Waals surface area contributed by atoms with E-state index in [0.717, 1.165) is 0 Å². The predicted molar refractivity (Wildman–Crippen MR) is 75.5 cm³/mol. The molecule has 1 aromatic carbocycles. The fraction of sp³-hybridized carbons (Fsp3) is 0.538. The van der Waals surface area contributed by atoms with Crippen LogP contribution in [0.1, 0.15) is 6.92 Å². The molecule has 20 heavy (non-hydrogen) atoms. The van der Waals surface area contributed by atoms with Crippen LogP contribution in [0.5, 0.6) is 5.75 Å². The Morgan fingerprint density at radius 2 is 1.95 bits per heavy atom. The van der Waals surface area contributed by atoms with Gasteiger partial charge in [-0.1, -0.05) is 6.07 Å². The largest absolute Gasteiger partial charge is 0.497 e. The Bertz CT molecular complexity index is 531. The van der Waals surface area contributed by atoms with Gasteiger partial charge in [-0.2, -0.15) is 0 Å². The molecule has 0 saturated heterocycles. The van der Waals surface area contributed by atoms with Gasteiger partial charge in [-0.3, -0.25) is 0 Å². The second-order valence-electron chi connectivity index (χ2n) is 4.59. The molecule has 1 N–H and O–H groups in total. The van der Waals surface area contributed by atoms with Crippen LogP contribution in [0, 0.1) is 0 Å². The third kappa shape index (κ3) is 4.45. The van der Waals surface area contributed by atoms with Crippen LogP contribution >= 0.6 is 0 Å². The third-order valence-electron chi connectivity index (χ3n) is 2.93. The maximum atomic E-state index is 12.2. The van der Waals surface area contributed by atoms with Crippen molar-refractivity contribution in [1.29, 1.82) is 0 Å². The molecule has 0 heterocycles. The van der Waals surface area contributed by atoms with Crippen molar-refractivity contribution in [2.45, 2.75) is 17.4 Å². The highest BCUT2D eigenvalue weighted by Gasteiger charge is 2.26. The topological polar surface area (TPSA) is 73.9 Å². The molecule has 0 bridgehead atoms. The Morgan fingerprint density at radius 3 is 2.50 bits per heavy atom. The molecule has 0 saturated carbocycles. The van der Waals surface area contributed by atoms with Gasteiger partial charge in [0.15, 0.2) is 0 Å². The zero-order valence-electron chi connectivity index (χ0n) is 12.2. The fourth-order valence-corrected chi connectivity index (χ4v) is 2.78. The summed E-state index contributed by atoms with van der Waals surface area (Å²) in [7, 11) is 0.914. The molecular formula is C13H21NO5S. The number of sulfonamides is 1. The van der Waals surface area contributed by atoms with Gasteiger partial charge in [0, 0.05) is 26.8 Å². The maximum absolute atomic E-state index is 12.2. The molecule has 0 aliphatic rings. The highest BCUT2D eigenvalue weighted by atomic mass is 32.2. The molecule has 0 spiro atoms. The molecular weight excluding hydrogens is 282 g/mol. The molecule has 1 aromatic rings. The van der Waals surface area contributed by atoms with Crippen LogP contribution in [0.25, 0.3) is 0 Å². The summed E-state index contributed by atoms with van der Waals surface area (Å²) in [5, 5.41) is 0. The summed E-state index contributed by atoms with van der Waals surface area (Å²) in [6.07, 6.45) is 0. The number of nitrogens with one attached hydrogen (secondary N) is 1. The Morgan fingerprint density at radius 1 is 1.25 bits per heavy atom. The van der Waals surface area contributed by atoms with Crippen molar-refractivity contribution < 1.29 is 22.6 Å². The second kappa shape index (κ2) is 7.03. The van der Waals surface area contributed by atoms with E-state index in [4.69, 9.17) is 14.2 Å². The lowest BCUT2D eigenvalue weighted by Gasteiger charge is -2.27. The minimum atomic E-state index is -3.62. The minimum Gasteiger partial charge on any atom is -0.497 e. The van der Waals surface area contributed by atoms with Gasteiger partial charge in [0.1, 0.15) is 11.4 Å². The number of ether oxygens (including phenoxy) is 3. The molecule has 0 aliphatic heterocycles. The highest BCUT2D eigenvalue weighted by molar-refractivity contribution is 7.89. The summed E-state index contributed by atoms with van der Waals surface area (Å²) in [5.74, 6) is 0.485. The molecule has 0 aliphatic carbocycles. The molecule has 0 amide bonds. The number of hydrogen-bond acceptors (Lipinski definition) is 5. The van der Waals surface area contributed by atoms with Crippen LogP contribution < -0.4 is 9.46 Å². The molecule has 0 radical (unpaired) electrons. The van der Waals surface area contributed by atoms with Crippen molar-refractivity contribution in [3.63, 3.8) is 0 Å². The van der Waals surface area contributed by atoms with E-state index in [9.17, 15) is 8.42 Å². The van der Waals surface area contributed by atoms with Crippen LogP contribution in [0.3, 0.4) is 0 Å². The fourth-order valence-electron chi connectivity index (χ4n) is 1.59. The molecule has 1 rings (SSSR count). The molecule has 0 aromatic heterocycles. The van der Waals surface area contributed by atoms with E-state index in [1.165, 1.54) is 33.5 Å². The van der Waals surface area contributed by atoms with Gasteiger partial charge in [0.25, 0.3) is 0 Å². The van der Waals surface area contributed by atoms with Crippen LogP contribution in [-0.4, -0.2) is 48.5 Å². The SMILES string of the molecule is COCC(C)(CNS(=O)(=O)c1cccc(OC)c1)OC. The van der Waals surface area contributed by atoms with Crippen LogP contribution in [0.4, 0.5) is 0 Å². The summed E-state index contributed by atoms with van der Waals surface area (Å²) < 4.78 is 42.2. The molecule has 0 fully saturated rings. The van der Waals surface area contributed by atoms with Gasteiger partial charge in [-0.05, 0) is 19.1 Å². The standard InChI is InChI=1S/C13H21NO5S/c1-13(19-4,10-17-2)9-14-20(15,16)12-7-5-6-11(8-12)18-3/h5-8,14H,9-10H2,1-4H3. The summed E-state index contributed by atoms with van der Waals surface area (Å²) >= 11 is 0. The Labute approximate surface area is 120 Å². The van der Waals surface area contributed by atoms with E-state index in [1.807, 2.05) is 0 Å². The monoisotopic (exact) mass is 303 g/mol. The second-order valence-corrected chi connectivity index (χ2v) is 6.36. The van der Waals surface area contributed by atoms with E-state index >= 15 is 0 Å². The average molecular weight is 303 g/mol. The van der Waals surface area contributed by atoms with E-state index in [-0.39, 0.29) is 18.0 Å². The first-order chi connectivity index (χ1) is 9.37. The van der Waals surface area contributed by atoms with Gasteiger partial charge < -0.3 is 14.2 Å². The first-order valence-corrected chi connectivity index (χ1v) is 7.53. The summed E-state index contributed by atoms with van der Waals surface area (Å²) in [4.78, 5) is 0.146. The molecule has 6 nitrogen and oxygen atoms in total. The third-order valence-corrected chi connectivity index (χ3v) is 4.33. The maximum Gasteiger partial charge on any atom is 0.240 e. The summed E-state index contributed by atoms with van der Waals surface area (Å²) in [6, 6.07) is 6.27. The summed E-state index contributed by atoms with van der Waals surface area (Å²) in [5.41, 5.74) is -0.722. The van der Waals surface area contributed by atoms with Crippen LogP contribution in [0.2, 0.25) is 0 Å². The first kappa shape index (κ1) is 16.9. The van der Waals surface area contributed by atoms with Crippen molar-refractivity contribution in [2.75, 3.05) is 34.5 Å². The number of rotatable bonds is 8. The highest BCUT2D eigenvalue weighted by Crippen LogP contribution is 2.17. The average Bonchev–Trinajstić information content (AvgIpc) is 2.46. The number of hydrogen-bond donors (Lipinski definition) is 1. The lowest BCUT2D eigenvalue weighted by molar-refractivity contribution is -0.0460. The Balaban J connectivity index is 2.84. The number of methoxy groups -OCH3 is 3. The molecule has 114 valence electrons. The molecule has 1 atom stereocenters. The van der Waals surface area contributed by atoms with Crippen molar-refractivity contribution in [1.82, 2.24) is 4.72 Å². The zero-order valence-corrected chi connectivity index (χ0v) is 13.0. The van der Waals surface area contributed by atoms with Crippen LogP contribution in [0.15, 0.2) is 29.2 Å². The minimum absolute atomic E-state index is 0.108. The van der Waals surface area contributed by atoms with Crippen molar-refractivity contribution in [2.24, 2.45) is 0 Å². The molecule has 1 unspecified atom stereocenters. The van der Waals surface area contributed by atoms with Gasteiger partial charge in [0.2, 0.25) is 10.0 Å².